The number of hydrogen-bond acceptors (Lipinski definition) is 3. The highest BCUT2D eigenvalue weighted by atomic mass is 16.5. The molecule has 0 aliphatic carbocycles. The van der Waals surface area contributed by atoms with Crippen LogP contribution in [-0.2, 0) is 9.53 Å². The highest BCUT2D eigenvalue weighted by molar-refractivity contribution is 5.82. The maximum Gasteiger partial charge on any atom is 0.253 e. The zero-order valence-corrected chi connectivity index (χ0v) is 11.2. The van der Waals surface area contributed by atoms with Crippen LogP contribution in [0.4, 0.5) is 0 Å². The number of carbonyl (C=O) groups excluding carboxylic acids is 1. The molecule has 0 saturated carbocycles. The van der Waals surface area contributed by atoms with Gasteiger partial charge < -0.3 is 15.2 Å². The van der Waals surface area contributed by atoms with Crippen molar-refractivity contribution in [2.24, 2.45) is 0 Å². The smallest absolute Gasteiger partial charge is 0.253 e. The van der Waals surface area contributed by atoms with Crippen molar-refractivity contribution in [1.82, 2.24) is 5.32 Å². The van der Waals surface area contributed by atoms with E-state index in [0.29, 0.717) is 18.7 Å². The molecule has 0 bridgehead atoms. The van der Waals surface area contributed by atoms with Crippen molar-refractivity contribution in [1.29, 1.82) is 0 Å². The molecular weight excluding hydrogens is 230 g/mol. The molecule has 1 rings (SSSR count). The van der Waals surface area contributed by atoms with Crippen molar-refractivity contribution in [3.63, 3.8) is 0 Å². The first-order valence-electron chi connectivity index (χ1n) is 6.08. The third-order valence-electron chi connectivity index (χ3n) is 2.79. The van der Waals surface area contributed by atoms with E-state index in [1.54, 1.807) is 13.2 Å². The third-order valence-corrected chi connectivity index (χ3v) is 2.79. The molecule has 1 atom stereocenters. The lowest BCUT2D eigenvalue weighted by Crippen LogP contribution is -2.30. The number of ether oxygens (including phenoxy) is 1. The summed E-state index contributed by atoms with van der Waals surface area (Å²) in [5, 5.41) is 12.7. The molecule has 1 aromatic carbocycles. The lowest BCUT2D eigenvalue weighted by atomic mass is 10.0. The molecule has 4 nitrogen and oxygen atoms in total. The standard InChI is InChI=1S/C14H21NO3/c1-10-5-6-12(11(2)9-10)13(16)14(17)15-7-4-8-18-3/h5-6,9,13,16H,4,7-8H2,1-3H3,(H,15,17). The minimum atomic E-state index is -1.10. The van der Waals surface area contributed by atoms with Gasteiger partial charge in [-0.1, -0.05) is 23.8 Å². The molecule has 4 heteroatoms. The maximum absolute atomic E-state index is 11.7. The van der Waals surface area contributed by atoms with Crippen molar-refractivity contribution >= 4 is 5.91 Å². The number of nitrogens with one attached hydrogen (secondary N) is 1. The largest absolute Gasteiger partial charge is 0.385 e. The fourth-order valence-corrected chi connectivity index (χ4v) is 1.80. The van der Waals surface area contributed by atoms with E-state index < -0.39 is 6.10 Å². The molecule has 1 amide bonds. The summed E-state index contributed by atoms with van der Waals surface area (Å²) in [5.74, 6) is -0.363. The summed E-state index contributed by atoms with van der Waals surface area (Å²) in [6.45, 7) is 4.98. The zero-order valence-electron chi connectivity index (χ0n) is 11.2. The highest BCUT2D eigenvalue weighted by Gasteiger charge is 2.18. The normalized spacial score (nSPS) is 12.2. The van der Waals surface area contributed by atoms with Gasteiger partial charge in [0.2, 0.25) is 0 Å². The Morgan fingerprint density at radius 2 is 2.17 bits per heavy atom. The van der Waals surface area contributed by atoms with Crippen LogP contribution < -0.4 is 5.32 Å². The van der Waals surface area contributed by atoms with Gasteiger partial charge in [0.15, 0.2) is 6.10 Å². The predicted molar refractivity (Wildman–Crippen MR) is 70.4 cm³/mol. The highest BCUT2D eigenvalue weighted by Crippen LogP contribution is 2.18. The number of aryl methyl sites for hydroxylation is 2. The molecule has 2 N–H and O–H groups in total. The third kappa shape index (κ3) is 4.13. The van der Waals surface area contributed by atoms with Crippen molar-refractivity contribution in [2.45, 2.75) is 26.4 Å². The van der Waals surface area contributed by atoms with Gasteiger partial charge in [0, 0.05) is 20.3 Å². The average Bonchev–Trinajstić information content (AvgIpc) is 2.33. The number of aliphatic hydroxyl groups excluding tert-OH is 1. The van der Waals surface area contributed by atoms with E-state index in [1.807, 2.05) is 26.0 Å². The van der Waals surface area contributed by atoms with Gasteiger partial charge in [-0.15, -0.1) is 0 Å². The van der Waals surface area contributed by atoms with Gasteiger partial charge in [0.05, 0.1) is 0 Å². The van der Waals surface area contributed by atoms with Crippen LogP contribution >= 0.6 is 0 Å². The van der Waals surface area contributed by atoms with Crippen molar-refractivity contribution in [3.8, 4) is 0 Å². The molecule has 0 heterocycles. The molecule has 0 radical (unpaired) electrons. The summed E-state index contributed by atoms with van der Waals surface area (Å²) in [5.41, 5.74) is 2.70. The van der Waals surface area contributed by atoms with Crippen LogP contribution in [0.25, 0.3) is 0 Å². The number of rotatable bonds is 6. The Morgan fingerprint density at radius 1 is 1.44 bits per heavy atom. The van der Waals surface area contributed by atoms with Crippen LogP contribution in [0.15, 0.2) is 18.2 Å². The van der Waals surface area contributed by atoms with Crippen molar-refractivity contribution in [2.75, 3.05) is 20.3 Å². The first-order chi connectivity index (χ1) is 8.56. The molecule has 0 fully saturated rings. The van der Waals surface area contributed by atoms with Crippen molar-refractivity contribution < 1.29 is 14.6 Å². The lowest BCUT2D eigenvalue weighted by molar-refractivity contribution is -0.129. The Morgan fingerprint density at radius 3 is 2.78 bits per heavy atom. The van der Waals surface area contributed by atoms with Gasteiger partial charge in [0.1, 0.15) is 0 Å². The number of amides is 1. The molecule has 0 aliphatic heterocycles. The Hall–Kier alpha value is -1.39. The summed E-state index contributed by atoms with van der Waals surface area (Å²) in [6.07, 6.45) is -0.366. The Labute approximate surface area is 108 Å². The number of methoxy groups -OCH3 is 1. The molecule has 1 unspecified atom stereocenters. The minimum Gasteiger partial charge on any atom is -0.385 e. The topological polar surface area (TPSA) is 58.6 Å². The van der Waals surface area contributed by atoms with Gasteiger partial charge in [-0.2, -0.15) is 0 Å². The van der Waals surface area contributed by atoms with E-state index in [-0.39, 0.29) is 5.91 Å². The van der Waals surface area contributed by atoms with Gasteiger partial charge >= 0.3 is 0 Å². The van der Waals surface area contributed by atoms with Crippen LogP contribution in [0.5, 0.6) is 0 Å². The van der Waals surface area contributed by atoms with E-state index in [0.717, 1.165) is 17.5 Å². The molecular formula is C14H21NO3. The van der Waals surface area contributed by atoms with Gasteiger partial charge in [-0.3, -0.25) is 4.79 Å². The van der Waals surface area contributed by atoms with Crippen LogP contribution in [0, 0.1) is 13.8 Å². The molecule has 18 heavy (non-hydrogen) atoms. The summed E-state index contributed by atoms with van der Waals surface area (Å²) in [7, 11) is 1.62. The Bertz CT molecular complexity index is 404. The van der Waals surface area contributed by atoms with Gasteiger partial charge in [-0.05, 0) is 31.4 Å². The van der Waals surface area contributed by atoms with E-state index in [4.69, 9.17) is 4.74 Å². The Kier molecular flexibility index (Phi) is 5.82. The summed E-state index contributed by atoms with van der Waals surface area (Å²) in [6, 6.07) is 5.64. The van der Waals surface area contributed by atoms with E-state index in [9.17, 15) is 9.90 Å². The van der Waals surface area contributed by atoms with Crippen LogP contribution in [0.3, 0.4) is 0 Å². The molecule has 100 valence electrons. The fraction of sp³-hybridized carbons (Fsp3) is 0.500. The number of benzene rings is 1. The second-order valence-electron chi connectivity index (χ2n) is 4.40. The summed E-state index contributed by atoms with van der Waals surface area (Å²) < 4.78 is 4.89. The predicted octanol–water partition coefficient (Wildman–Crippen LogP) is 1.49. The fourth-order valence-electron chi connectivity index (χ4n) is 1.80. The summed E-state index contributed by atoms with van der Waals surface area (Å²) >= 11 is 0. The molecule has 0 saturated heterocycles. The second-order valence-corrected chi connectivity index (χ2v) is 4.40. The first-order valence-corrected chi connectivity index (χ1v) is 6.08. The number of carbonyl (C=O) groups is 1. The van der Waals surface area contributed by atoms with Crippen LogP contribution in [0.2, 0.25) is 0 Å². The average molecular weight is 251 g/mol. The van der Waals surface area contributed by atoms with E-state index in [1.165, 1.54) is 0 Å². The second kappa shape index (κ2) is 7.13. The monoisotopic (exact) mass is 251 g/mol. The van der Waals surface area contributed by atoms with E-state index in [2.05, 4.69) is 5.32 Å². The Balaban J connectivity index is 2.57. The van der Waals surface area contributed by atoms with Gasteiger partial charge in [0.25, 0.3) is 5.91 Å². The molecule has 0 aliphatic rings. The molecule has 1 aromatic rings. The maximum atomic E-state index is 11.7. The lowest BCUT2D eigenvalue weighted by Gasteiger charge is -2.14. The van der Waals surface area contributed by atoms with Gasteiger partial charge in [-0.25, -0.2) is 0 Å². The van der Waals surface area contributed by atoms with Crippen LogP contribution in [0.1, 0.15) is 29.2 Å². The van der Waals surface area contributed by atoms with Crippen molar-refractivity contribution in [3.05, 3.63) is 34.9 Å². The number of aliphatic hydroxyl groups is 1. The SMILES string of the molecule is COCCCNC(=O)C(O)c1ccc(C)cc1C. The molecule has 0 spiro atoms. The summed E-state index contributed by atoms with van der Waals surface area (Å²) in [4.78, 5) is 11.7. The quantitative estimate of drug-likeness (QED) is 0.753. The zero-order chi connectivity index (χ0) is 13.5. The number of hydrogen-bond donors (Lipinski definition) is 2. The van der Waals surface area contributed by atoms with E-state index >= 15 is 0 Å². The van der Waals surface area contributed by atoms with Crippen LogP contribution in [-0.4, -0.2) is 31.3 Å². The molecule has 0 aromatic heterocycles. The minimum absolute atomic E-state index is 0.363. The first kappa shape index (κ1) is 14.7.